The molecular weight excluding hydrogens is 269 g/mol. The van der Waals surface area contributed by atoms with Gasteiger partial charge in [-0.1, -0.05) is 6.92 Å². The molecule has 0 radical (unpaired) electrons. The van der Waals surface area contributed by atoms with Gasteiger partial charge in [-0.3, -0.25) is 0 Å². The lowest BCUT2D eigenvalue weighted by atomic mass is 10.0. The van der Waals surface area contributed by atoms with E-state index in [0.717, 1.165) is 18.6 Å². The Morgan fingerprint density at radius 1 is 1.45 bits per heavy atom. The summed E-state index contributed by atoms with van der Waals surface area (Å²) in [5.74, 6) is 0. The van der Waals surface area contributed by atoms with E-state index in [0.29, 0.717) is 25.4 Å². The van der Waals surface area contributed by atoms with Crippen LogP contribution in [0.3, 0.4) is 0 Å². The van der Waals surface area contributed by atoms with Gasteiger partial charge in [-0.2, -0.15) is 18.4 Å². The van der Waals surface area contributed by atoms with Crippen LogP contribution in [0.15, 0.2) is 18.2 Å². The molecule has 20 heavy (non-hydrogen) atoms. The van der Waals surface area contributed by atoms with Crippen molar-refractivity contribution in [1.29, 1.82) is 5.26 Å². The molecule has 3 nitrogen and oxygen atoms in total. The summed E-state index contributed by atoms with van der Waals surface area (Å²) < 4.78 is 43.4. The number of hydrogen-bond donors (Lipinski definition) is 0. The Bertz CT molecular complexity index is 522. The lowest BCUT2D eigenvalue weighted by Crippen LogP contribution is -2.45. The van der Waals surface area contributed by atoms with Crippen LogP contribution in [0.25, 0.3) is 0 Å². The van der Waals surface area contributed by atoms with Crippen molar-refractivity contribution in [2.45, 2.75) is 25.6 Å². The van der Waals surface area contributed by atoms with Gasteiger partial charge >= 0.3 is 6.18 Å². The van der Waals surface area contributed by atoms with Crippen LogP contribution >= 0.6 is 0 Å². The summed E-state index contributed by atoms with van der Waals surface area (Å²) in [6.45, 7) is 3.62. The maximum absolute atomic E-state index is 12.7. The van der Waals surface area contributed by atoms with Gasteiger partial charge in [0, 0.05) is 6.54 Å². The molecule has 0 spiro atoms. The summed E-state index contributed by atoms with van der Waals surface area (Å²) in [5.41, 5.74) is -0.185. The highest BCUT2D eigenvalue weighted by atomic mass is 19.4. The number of rotatable bonds is 2. The summed E-state index contributed by atoms with van der Waals surface area (Å²) in [7, 11) is 0. The lowest BCUT2D eigenvalue weighted by molar-refractivity contribution is -0.137. The lowest BCUT2D eigenvalue weighted by Gasteiger charge is -2.37. The van der Waals surface area contributed by atoms with Crippen LogP contribution in [-0.2, 0) is 10.9 Å². The number of nitriles is 1. The summed E-state index contributed by atoms with van der Waals surface area (Å²) in [6, 6.07) is 5.28. The molecule has 1 fully saturated rings. The number of anilines is 1. The van der Waals surface area contributed by atoms with Crippen LogP contribution in [0.5, 0.6) is 0 Å². The van der Waals surface area contributed by atoms with E-state index in [4.69, 9.17) is 10.00 Å². The van der Waals surface area contributed by atoms with Crippen LogP contribution < -0.4 is 4.90 Å². The van der Waals surface area contributed by atoms with Crippen molar-refractivity contribution in [3.05, 3.63) is 29.3 Å². The number of alkyl halides is 3. The molecule has 0 bridgehead atoms. The molecular formula is C14H15F3N2O. The highest BCUT2D eigenvalue weighted by molar-refractivity contribution is 5.61. The van der Waals surface area contributed by atoms with Crippen molar-refractivity contribution in [1.82, 2.24) is 0 Å². The van der Waals surface area contributed by atoms with E-state index < -0.39 is 11.7 Å². The molecule has 1 atom stereocenters. The van der Waals surface area contributed by atoms with E-state index in [1.54, 1.807) is 0 Å². The molecule has 0 aliphatic carbocycles. The minimum Gasteiger partial charge on any atom is -0.377 e. The molecule has 108 valence electrons. The predicted molar refractivity (Wildman–Crippen MR) is 68.4 cm³/mol. The molecule has 1 aromatic rings. The maximum Gasteiger partial charge on any atom is 0.416 e. The summed E-state index contributed by atoms with van der Waals surface area (Å²) in [6.07, 6.45) is -3.62. The summed E-state index contributed by atoms with van der Waals surface area (Å²) in [4.78, 5) is 1.96. The van der Waals surface area contributed by atoms with Crippen LogP contribution in [0, 0.1) is 11.3 Å². The standard InChI is InChI=1S/C14H15F3N2O/c1-2-12-9-20-6-5-19(12)13-4-3-11(14(15,16)17)7-10(13)8-18/h3-4,7,12H,2,5-6,9H2,1H3. The zero-order valence-corrected chi connectivity index (χ0v) is 11.1. The third-order valence-electron chi connectivity index (χ3n) is 3.45. The second-order valence-corrected chi connectivity index (χ2v) is 4.67. The highest BCUT2D eigenvalue weighted by Crippen LogP contribution is 2.33. The van der Waals surface area contributed by atoms with Gasteiger partial charge in [-0.15, -0.1) is 0 Å². The zero-order valence-electron chi connectivity index (χ0n) is 11.1. The fourth-order valence-electron chi connectivity index (χ4n) is 2.36. The molecule has 2 rings (SSSR count). The van der Waals surface area contributed by atoms with Crippen LogP contribution in [0.4, 0.5) is 18.9 Å². The quantitative estimate of drug-likeness (QED) is 0.836. The summed E-state index contributed by atoms with van der Waals surface area (Å²) >= 11 is 0. The average molecular weight is 284 g/mol. The van der Waals surface area contributed by atoms with Gasteiger partial charge in [0.2, 0.25) is 0 Å². The van der Waals surface area contributed by atoms with E-state index in [1.165, 1.54) is 6.07 Å². The van der Waals surface area contributed by atoms with Gasteiger partial charge in [0.1, 0.15) is 6.07 Å². The van der Waals surface area contributed by atoms with Gasteiger partial charge in [0.05, 0.1) is 36.1 Å². The Balaban J connectivity index is 2.39. The topological polar surface area (TPSA) is 36.3 Å². The Kier molecular flexibility index (Phi) is 4.19. The van der Waals surface area contributed by atoms with Crippen molar-refractivity contribution < 1.29 is 17.9 Å². The monoisotopic (exact) mass is 284 g/mol. The number of ether oxygens (including phenoxy) is 1. The van der Waals surface area contributed by atoms with Crippen LogP contribution in [-0.4, -0.2) is 25.8 Å². The van der Waals surface area contributed by atoms with Crippen molar-refractivity contribution in [2.24, 2.45) is 0 Å². The van der Waals surface area contributed by atoms with Gasteiger partial charge < -0.3 is 9.64 Å². The van der Waals surface area contributed by atoms with Gasteiger partial charge in [-0.05, 0) is 24.6 Å². The molecule has 1 saturated heterocycles. The Morgan fingerprint density at radius 2 is 2.20 bits per heavy atom. The van der Waals surface area contributed by atoms with E-state index >= 15 is 0 Å². The predicted octanol–water partition coefficient (Wildman–Crippen LogP) is 3.19. The second-order valence-electron chi connectivity index (χ2n) is 4.67. The number of hydrogen-bond acceptors (Lipinski definition) is 3. The minimum atomic E-state index is -4.43. The highest BCUT2D eigenvalue weighted by Gasteiger charge is 2.32. The molecule has 1 heterocycles. The first kappa shape index (κ1) is 14.7. The van der Waals surface area contributed by atoms with Crippen molar-refractivity contribution in [3.8, 4) is 6.07 Å². The normalized spacial score (nSPS) is 19.8. The first-order valence-electron chi connectivity index (χ1n) is 6.43. The SMILES string of the molecule is CCC1COCCN1c1ccc(C(F)(F)F)cc1C#N. The number of nitrogens with zero attached hydrogens (tertiary/aromatic N) is 2. The summed E-state index contributed by atoms with van der Waals surface area (Å²) in [5, 5.41) is 9.12. The van der Waals surface area contributed by atoms with Gasteiger partial charge in [0.15, 0.2) is 0 Å². The van der Waals surface area contributed by atoms with E-state index in [1.807, 2.05) is 17.9 Å². The molecule has 0 aromatic heterocycles. The Morgan fingerprint density at radius 3 is 2.80 bits per heavy atom. The number of benzene rings is 1. The van der Waals surface area contributed by atoms with Crippen molar-refractivity contribution >= 4 is 5.69 Å². The minimum absolute atomic E-state index is 0.0557. The van der Waals surface area contributed by atoms with Gasteiger partial charge in [-0.25, -0.2) is 0 Å². The first-order valence-corrected chi connectivity index (χ1v) is 6.43. The van der Waals surface area contributed by atoms with Crippen LogP contribution in [0.1, 0.15) is 24.5 Å². The zero-order chi connectivity index (χ0) is 14.8. The fourth-order valence-corrected chi connectivity index (χ4v) is 2.36. The molecule has 0 amide bonds. The van der Waals surface area contributed by atoms with Gasteiger partial charge in [0.25, 0.3) is 0 Å². The largest absolute Gasteiger partial charge is 0.416 e. The molecule has 0 N–H and O–H groups in total. The molecule has 1 unspecified atom stereocenters. The van der Waals surface area contributed by atoms with Crippen molar-refractivity contribution in [3.63, 3.8) is 0 Å². The first-order chi connectivity index (χ1) is 9.47. The smallest absolute Gasteiger partial charge is 0.377 e. The van der Waals surface area contributed by atoms with Crippen molar-refractivity contribution in [2.75, 3.05) is 24.7 Å². The maximum atomic E-state index is 12.7. The Hall–Kier alpha value is -1.74. The third kappa shape index (κ3) is 2.88. The fraction of sp³-hybridized carbons (Fsp3) is 0.500. The van der Waals surface area contributed by atoms with E-state index in [2.05, 4.69) is 0 Å². The Labute approximate surface area is 115 Å². The average Bonchev–Trinajstić information content (AvgIpc) is 2.45. The third-order valence-corrected chi connectivity index (χ3v) is 3.45. The molecule has 6 heteroatoms. The van der Waals surface area contributed by atoms with E-state index in [-0.39, 0.29) is 11.6 Å². The molecule has 1 aromatic carbocycles. The van der Waals surface area contributed by atoms with E-state index in [9.17, 15) is 13.2 Å². The molecule has 0 saturated carbocycles. The second kappa shape index (κ2) is 5.71. The molecule has 1 aliphatic rings. The number of morpholine rings is 1. The number of halogens is 3. The van der Waals surface area contributed by atoms with Crippen LogP contribution in [0.2, 0.25) is 0 Å². The molecule has 1 aliphatic heterocycles.